The molecular formula is C27H28BrCl2N3O4S. The van der Waals surface area contributed by atoms with Crippen molar-refractivity contribution >= 4 is 66.7 Å². The van der Waals surface area contributed by atoms with E-state index in [0.29, 0.717) is 16.6 Å². The summed E-state index contributed by atoms with van der Waals surface area (Å²) < 4.78 is 29.3. The average Bonchev–Trinajstić information content (AvgIpc) is 2.88. The number of hydrogen-bond acceptors (Lipinski definition) is 4. The zero-order chi connectivity index (χ0) is 27.9. The molecule has 0 saturated carbocycles. The predicted octanol–water partition coefficient (Wildman–Crippen LogP) is 5.89. The van der Waals surface area contributed by atoms with E-state index in [2.05, 4.69) is 21.2 Å². The topological polar surface area (TPSA) is 86.8 Å². The standard InChI is InChI=1S/C27H28BrCl2N3O4S/c1-3-14-31-27(35)19(2)32(17-20-6-4-7-21(28)15-20)26(34)18-33(24-9-5-8-23(30)16-24)38(36,37)25-12-10-22(29)11-13-25/h4-13,15-16,19H,3,14,17-18H2,1-2H3,(H,31,35)/t19-/m1/s1. The van der Waals surface area contributed by atoms with Gasteiger partial charge in [-0.15, -0.1) is 0 Å². The molecule has 1 N–H and O–H groups in total. The van der Waals surface area contributed by atoms with Gasteiger partial charge in [0.25, 0.3) is 10.0 Å². The van der Waals surface area contributed by atoms with Crippen LogP contribution in [0.3, 0.4) is 0 Å². The summed E-state index contributed by atoms with van der Waals surface area (Å²) in [5.41, 5.74) is 0.990. The van der Waals surface area contributed by atoms with E-state index in [9.17, 15) is 18.0 Å². The van der Waals surface area contributed by atoms with Crippen molar-refractivity contribution in [2.75, 3.05) is 17.4 Å². The van der Waals surface area contributed by atoms with Crippen molar-refractivity contribution in [1.29, 1.82) is 0 Å². The Bertz CT molecular complexity index is 1390. The maximum Gasteiger partial charge on any atom is 0.264 e. The Kier molecular flexibility index (Phi) is 10.6. The second kappa shape index (κ2) is 13.5. The largest absolute Gasteiger partial charge is 0.354 e. The summed E-state index contributed by atoms with van der Waals surface area (Å²) in [6, 6.07) is 18.4. The second-order valence-corrected chi connectivity index (χ2v) is 12.2. The molecule has 3 aromatic rings. The van der Waals surface area contributed by atoms with E-state index in [1.807, 2.05) is 31.2 Å². The molecule has 0 aromatic heterocycles. The summed E-state index contributed by atoms with van der Waals surface area (Å²) in [5, 5.41) is 3.50. The molecule has 11 heteroatoms. The fourth-order valence-corrected chi connectivity index (χ4v) is 5.87. The minimum atomic E-state index is -4.20. The number of nitrogens with zero attached hydrogens (tertiary/aromatic N) is 2. The molecule has 0 bridgehead atoms. The number of carbonyl (C=O) groups is 2. The van der Waals surface area contributed by atoms with Crippen LogP contribution in [-0.2, 0) is 26.2 Å². The third-order valence-corrected chi connectivity index (χ3v) is 8.50. The number of sulfonamides is 1. The molecular weight excluding hydrogens is 613 g/mol. The molecule has 2 amide bonds. The molecule has 0 fully saturated rings. The monoisotopic (exact) mass is 639 g/mol. The molecule has 0 aliphatic heterocycles. The number of nitrogens with one attached hydrogen (secondary N) is 1. The lowest BCUT2D eigenvalue weighted by molar-refractivity contribution is -0.139. The van der Waals surface area contributed by atoms with Gasteiger partial charge in [0.2, 0.25) is 11.8 Å². The number of amides is 2. The lowest BCUT2D eigenvalue weighted by Gasteiger charge is -2.32. The van der Waals surface area contributed by atoms with Gasteiger partial charge in [-0.1, -0.05) is 64.3 Å². The van der Waals surface area contributed by atoms with E-state index < -0.39 is 28.5 Å². The second-order valence-electron chi connectivity index (χ2n) is 8.56. The van der Waals surface area contributed by atoms with Gasteiger partial charge in [-0.3, -0.25) is 13.9 Å². The number of anilines is 1. The van der Waals surface area contributed by atoms with Gasteiger partial charge >= 0.3 is 0 Å². The number of hydrogen-bond donors (Lipinski definition) is 1. The zero-order valence-electron chi connectivity index (χ0n) is 20.9. The van der Waals surface area contributed by atoms with Gasteiger partial charge in [0.1, 0.15) is 12.6 Å². The number of benzene rings is 3. The van der Waals surface area contributed by atoms with Gasteiger partial charge < -0.3 is 10.2 Å². The first kappa shape index (κ1) is 30.0. The van der Waals surface area contributed by atoms with Crippen LogP contribution in [0.15, 0.2) is 82.2 Å². The van der Waals surface area contributed by atoms with Gasteiger partial charge in [0.15, 0.2) is 0 Å². The minimum absolute atomic E-state index is 0.0399. The van der Waals surface area contributed by atoms with Crippen LogP contribution in [0, 0.1) is 0 Å². The van der Waals surface area contributed by atoms with Crippen LogP contribution in [0.5, 0.6) is 0 Å². The van der Waals surface area contributed by atoms with Crippen LogP contribution in [-0.4, -0.2) is 44.3 Å². The molecule has 0 unspecified atom stereocenters. The van der Waals surface area contributed by atoms with Gasteiger partial charge in [-0.05, 0) is 73.5 Å². The molecule has 0 radical (unpaired) electrons. The molecule has 7 nitrogen and oxygen atoms in total. The van der Waals surface area contributed by atoms with Crippen LogP contribution >= 0.6 is 39.1 Å². The zero-order valence-corrected chi connectivity index (χ0v) is 24.8. The number of halogens is 3. The summed E-state index contributed by atoms with van der Waals surface area (Å²) in [6.07, 6.45) is 0.736. The first-order chi connectivity index (χ1) is 18.0. The molecule has 38 heavy (non-hydrogen) atoms. The van der Waals surface area contributed by atoms with E-state index in [4.69, 9.17) is 23.2 Å². The van der Waals surface area contributed by atoms with E-state index >= 15 is 0 Å². The maximum absolute atomic E-state index is 13.8. The fourth-order valence-electron chi connectivity index (χ4n) is 3.70. The van der Waals surface area contributed by atoms with Gasteiger partial charge in [-0.25, -0.2) is 8.42 Å². The minimum Gasteiger partial charge on any atom is -0.354 e. The first-order valence-electron chi connectivity index (χ1n) is 11.9. The van der Waals surface area contributed by atoms with Crippen LogP contribution in [0.1, 0.15) is 25.8 Å². The van der Waals surface area contributed by atoms with Crippen LogP contribution in [0.2, 0.25) is 10.0 Å². The summed E-state index contributed by atoms with van der Waals surface area (Å²) in [5.74, 6) is -0.883. The molecule has 202 valence electrons. The molecule has 3 rings (SSSR count). The Morgan fingerprint density at radius 1 is 0.974 bits per heavy atom. The Morgan fingerprint density at radius 3 is 2.29 bits per heavy atom. The van der Waals surface area contributed by atoms with Crippen molar-refractivity contribution in [3.8, 4) is 0 Å². The summed E-state index contributed by atoms with van der Waals surface area (Å²) >= 11 is 15.6. The van der Waals surface area contributed by atoms with Gasteiger partial charge in [0, 0.05) is 27.6 Å². The fraction of sp³-hybridized carbons (Fsp3) is 0.259. The molecule has 0 spiro atoms. The first-order valence-corrected chi connectivity index (χ1v) is 14.9. The Labute approximate surface area is 241 Å². The van der Waals surface area contributed by atoms with Crippen molar-refractivity contribution in [2.45, 2.75) is 37.8 Å². The van der Waals surface area contributed by atoms with Crippen molar-refractivity contribution in [1.82, 2.24) is 10.2 Å². The van der Waals surface area contributed by atoms with Gasteiger partial charge in [-0.2, -0.15) is 0 Å². The predicted molar refractivity (Wildman–Crippen MR) is 155 cm³/mol. The van der Waals surface area contributed by atoms with Crippen molar-refractivity contribution < 1.29 is 18.0 Å². The third kappa shape index (κ3) is 7.72. The van der Waals surface area contributed by atoms with Crippen molar-refractivity contribution in [2.24, 2.45) is 0 Å². The van der Waals surface area contributed by atoms with Crippen LogP contribution in [0.4, 0.5) is 5.69 Å². The highest BCUT2D eigenvalue weighted by Crippen LogP contribution is 2.27. The molecule has 1 atom stereocenters. The third-order valence-electron chi connectivity index (χ3n) is 5.74. The summed E-state index contributed by atoms with van der Waals surface area (Å²) in [6.45, 7) is 3.56. The lowest BCUT2D eigenvalue weighted by Crippen LogP contribution is -2.51. The summed E-state index contributed by atoms with van der Waals surface area (Å²) in [7, 11) is -4.20. The SMILES string of the molecule is CCCNC(=O)[C@@H](C)N(Cc1cccc(Br)c1)C(=O)CN(c1cccc(Cl)c1)S(=O)(=O)c1ccc(Cl)cc1. The summed E-state index contributed by atoms with van der Waals surface area (Å²) in [4.78, 5) is 28.0. The number of carbonyl (C=O) groups excluding carboxylic acids is 2. The highest BCUT2D eigenvalue weighted by atomic mass is 79.9. The van der Waals surface area contributed by atoms with Crippen molar-refractivity contribution in [3.63, 3.8) is 0 Å². The van der Waals surface area contributed by atoms with E-state index in [1.54, 1.807) is 25.1 Å². The molecule has 0 aliphatic rings. The van der Waals surface area contributed by atoms with Gasteiger partial charge in [0.05, 0.1) is 10.6 Å². The lowest BCUT2D eigenvalue weighted by atomic mass is 10.1. The van der Waals surface area contributed by atoms with Crippen molar-refractivity contribution in [3.05, 3.63) is 92.9 Å². The van der Waals surface area contributed by atoms with E-state index in [1.165, 1.54) is 35.2 Å². The van der Waals surface area contributed by atoms with E-state index in [-0.39, 0.29) is 23.0 Å². The maximum atomic E-state index is 13.8. The Hall–Kier alpha value is -2.59. The Morgan fingerprint density at radius 2 is 1.66 bits per heavy atom. The molecule has 0 saturated heterocycles. The highest BCUT2D eigenvalue weighted by molar-refractivity contribution is 9.10. The van der Waals surface area contributed by atoms with E-state index in [0.717, 1.165) is 20.8 Å². The van der Waals surface area contributed by atoms with Crippen LogP contribution < -0.4 is 9.62 Å². The molecule has 0 aliphatic carbocycles. The highest BCUT2D eigenvalue weighted by Gasteiger charge is 2.32. The smallest absolute Gasteiger partial charge is 0.264 e. The number of rotatable bonds is 11. The average molecular weight is 641 g/mol. The molecule has 0 heterocycles. The molecule has 3 aromatic carbocycles. The normalized spacial score (nSPS) is 12.0. The van der Waals surface area contributed by atoms with Crippen LogP contribution in [0.25, 0.3) is 0 Å². The quantitative estimate of drug-likeness (QED) is 0.283. The Balaban J connectivity index is 2.02.